The molecule has 1 atom stereocenters. The second kappa shape index (κ2) is 6.11. The Bertz CT molecular complexity index is 795. The second-order valence-corrected chi connectivity index (χ2v) is 6.46. The van der Waals surface area contributed by atoms with Crippen molar-refractivity contribution >= 4 is 17.6 Å². The standard InChI is InChI=1S/C20H21NO3/c1-4-14-7-10-17-15(11-14)12-20(3,24-18(17)22)19(23)21-16-8-5-13(2)6-9-16/h5-11H,4,12H2,1-3H3,(H,21,23). The topological polar surface area (TPSA) is 55.4 Å². The molecule has 1 heterocycles. The third kappa shape index (κ3) is 3.04. The number of aryl methyl sites for hydroxylation is 2. The predicted molar refractivity (Wildman–Crippen MR) is 93.2 cm³/mol. The maximum atomic E-state index is 12.7. The predicted octanol–water partition coefficient (Wildman–Crippen LogP) is 3.67. The SMILES string of the molecule is CCc1ccc2c(c1)CC(C)(C(=O)Nc1ccc(C)cc1)OC2=O. The van der Waals surface area contributed by atoms with Gasteiger partial charge in [0.15, 0.2) is 5.60 Å². The fraction of sp³-hybridized carbons (Fsp3) is 0.300. The molecule has 1 unspecified atom stereocenters. The first kappa shape index (κ1) is 16.2. The van der Waals surface area contributed by atoms with Gasteiger partial charge in [0.1, 0.15) is 0 Å². The van der Waals surface area contributed by atoms with Crippen LogP contribution >= 0.6 is 0 Å². The number of ether oxygens (including phenoxy) is 1. The molecule has 1 aliphatic rings. The van der Waals surface area contributed by atoms with Crippen molar-refractivity contribution < 1.29 is 14.3 Å². The van der Waals surface area contributed by atoms with E-state index in [1.54, 1.807) is 13.0 Å². The summed E-state index contributed by atoms with van der Waals surface area (Å²) in [5, 5.41) is 2.84. The van der Waals surface area contributed by atoms with Gasteiger partial charge in [0, 0.05) is 12.1 Å². The number of cyclic esters (lactones) is 1. The lowest BCUT2D eigenvalue weighted by Crippen LogP contribution is -2.48. The minimum atomic E-state index is -1.21. The minimum absolute atomic E-state index is 0.313. The molecule has 124 valence electrons. The lowest BCUT2D eigenvalue weighted by molar-refractivity contribution is -0.134. The number of hydrogen-bond acceptors (Lipinski definition) is 3. The van der Waals surface area contributed by atoms with Crippen LogP contribution in [0.4, 0.5) is 5.69 Å². The first-order valence-electron chi connectivity index (χ1n) is 8.14. The zero-order valence-electron chi connectivity index (χ0n) is 14.2. The minimum Gasteiger partial charge on any atom is -0.445 e. The summed E-state index contributed by atoms with van der Waals surface area (Å²) >= 11 is 0. The van der Waals surface area contributed by atoms with Gasteiger partial charge in [-0.25, -0.2) is 4.79 Å². The molecular weight excluding hydrogens is 302 g/mol. The molecule has 3 rings (SSSR count). The van der Waals surface area contributed by atoms with Crippen LogP contribution in [0.15, 0.2) is 42.5 Å². The van der Waals surface area contributed by atoms with E-state index in [0.717, 1.165) is 23.1 Å². The monoisotopic (exact) mass is 323 g/mol. The van der Waals surface area contributed by atoms with Gasteiger partial charge < -0.3 is 10.1 Å². The molecule has 0 spiro atoms. The van der Waals surface area contributed by atoms with Crippen LogP contribution in [0.3, 0.4) is 0 Å². The van der Waals surface area contributed by atoms with E-state index >= 15 is 0 Å². The second-order valence-electron chi connectivity index (χ2n) is 6.46. The zero-order chi connectivity index (χ0) is 17.3. The molecule has 24 heavy (non-hydrogen) atoms. The van der Waals surface area contributed by atoms with Crippen LogP contribution in [0.2, 0.25) is 0 Å². The summed E-state index contributed by atoms with van der Waals surface area (Å²) in [5.41, 5.74) is 3.16. The van der Waals surface area contributed by atoms with Crippen molar-refractivity contribution in [2.75, 3.05) is 5.32 Å². The average molecular weight is 323 g/mol. The molecule has 0 fully saturated rings. The summed E-state index contributed by atoms with van der Waals surface area (Å²) in [4.78, 5) is 25.0. The number of amides is 1. The van der Waals surface area contributed by atoms with E-state index in [0.29, 0.717) is 17.7 Å². The number of esters is 1. The Morgan fingerprint density at radius 1 is 1.21 bits per heavy atom. The Labute approximate surface area is 141 Å². The maximum absolute atomic E-state index is 12.7. The van der Waals surface area contributed by atoms with Crippen LogP contribution in [0.5, 0.6) is 0 Å². The number of anilines is 1. The van der Waals surface area contributed by atoms with E-state index < -0.39 is 11.6 Å². The summed E-state index contributed by atoms with van der Waals surface area (Å²) in [6.45, 7) is 5.71. The number of nitrogens with one attached hydrogen (secondary N) is 1. The van der Waals surface area contributed by atoms with Crippen molar-refractivity contribution in [3.63, 3.8) is 0 Å². The van der Waals surface area contributed by atoms with Gasteiger partial charge >= 0.3 is 5.97 Å². The van der Waals surface area contributed by atoms with Gasteiger partial charge in [0.2, 0.25) is 0 Å². The molecule has 0 bridgehead atoms. The molecule has 1 amide bonds. The highest BCUT2D eigenvalue weighted by molar-refractivity contribution is 6.02. The third-order valence-corrected chi connectivity index (χ3v) is 4.43. The van der Waals surface area contributed by atoms with Crippen LogP contribution in [-0.4, -0.2) is 17.5 Å². The van der Waals surface area contributed by atoms with Crippen LogP contribution < -0.4 is 5.32 Å². The molecule has 2 aromatic rings. The molecule has 0 saturated carbocycles. The normalized spacial score (nSPS) is 19.4. The van der Waals surface area contributed by atoms with Crippen molar-refractivity contribution in [2.24, 2.45) is 0 Å². The third-order valence-electron chi connectivity index (χ3n) is 4.43. The van der Waals surface area contributed by atoms with Gasteiger partial charge in [-0.05, 0) is 49.6 Å². The van der Waals surface area contributed by atoms with Crippen LogP contribution in [0.1, 0.15) is 40.9 Å². The molecule has 0 aliphatic carbocycles. The summed E-state index contributed by atoms with van der Waals surface area (Å²) in [6, 6.07) is 13.2. The molecule has 2 aromatic carbocycles. The van der Waals surface area contributed by atoms with Gasteiger partial charge in [0.05, 0.1) is 5.56 Å². The van der Waals surface area contributed by atoms with E-state index in [-0.39, 0.29) is 5.91 Å². The van der Waals surface area contributed by atoms with Gasteiger partial charge in [-0.1, -0.05) is 36.8 Å². The van der Waals surface area contributed by atoms with Crippen LogP contribution in [0, 0.1) is 6.92 Å². The quantitative estimate of drug-likeness (QED) is 0.877. The Morgan fingerprint density at radius 2 is 1.92 bits per heavy atom. The lowest BCUT2D eigenvalue weighted by atomic mass is 9.88. The fourth-order valence-electron chi connectivity index (χ4n) is 2.90. The first-order chi connectivity index (χ1) is 11.4. The number of carbonyl (C=O) groups is 2. The summed E-state index contributed by atoms with van der Waals surface area (Å²) < 4.78 is 5.48. The van der Waals surface area contributed by atoms with Crippen LogP contribution in [-0.2, 0) is 22.4 Å². The molecule has 0 aromatic heterocycles. The highest BCUT2D eigenvalue weighted by Crippen LogP contribution is 2.30. The molecule has 0 saturated heterocycles. The van der Waals surface area contributed by atoms with Gasteiger partial charge in [0.25, 0.3) is 5.91 Å². The van der Waals surface area contributed by atoms with E-state index in [4.69, 9.17) is 4.74 Å². The number of fused-ring (bicyclic) bond motifs is 1. The summed E-state index contributed by atoms with van der Waals surface area (Å²) in [7, 11) is 0. The van der Waals surface area contributed by atoms with Gasteiger partial charge in [-0.15, -0.1) is 0 Å². The number of hydrogen-bond donors (Lipinski definition) is 1. The van der Waals surface area contributed by atoms with Crippen LogP contribution in [0.25, 0.3) is 0 Å². The van der Waals surface area contributed by atoms with E-state index in [9.17, 15) is 9.59 Å². The molecule has 1 N–H and O–H groups in total. The molecular formula is C20H21NO3. The Hall–Kier alpha value is -2.62. The van der Waals surface area contributed by atoms with Crippen molar-refractivity contribution in [3.05, 3.63) is 64.7 Å². The number of rotatable bonds is 3. The Kier molecular flexibility index (Phi) is 4.14. The smallest absolute Gasteiger partial charge is 0.339 e. The van der Waals surface area contributed by atoms with Gasteiger partial charge in [-0.3, -0.25) is 4.79 Å². The van der Waals surface area contributed by atoms with E-state index in [1.807, 2.05) is 43.3 Å². The summed E-state index contributed by atoms with van der Waals surface area (Å²) in [5.74, 6) is -0.757. The number of carbonyl (C=O) groups excluding carboxylic acids is 2. The van der Waals surface area contributed by atoms with Crippen molar-refractivity contribution in [2.45, 2.75) is 39.2 Å². The lowest BCUT2D eigenvalue weighted by Gasteiger charge is -2.33. The van der Waals surface area contributed by atoms with Crippen molar-refractivity contribution in [1.29, 1.82) is 0 Å². The van der Waals surface area contributed by atoms with E-state index in [2.05, 4.69) is 12.2 Å². The molecule has 4 nitrogen and oxygen atoms in total. The van der Waals surface area contributed by atoms with Crippen molar-refractivity contribution in [1.82, 2.24) is 0 Å². The summed E-state index contributed by atoms with van der Waals surface area (Å²) in [6.07, 6.45) is 1.26. The molecule has 1 aliphatic heterocycles. The van der Waals surface area contributed by atoms with E-state index in [1.165, 1.54) is 0 Å². The van der Waals surface area contributed by atoms with Crippen molar-refractivity contribution in [3.8, 4) is 0 Å². The zero-order valence-corrected chi connectivity index (χ0v) is 14.2. The Morgan fingerprint density at radius 3 is 2.58 bits per heavy atom. The Balaban J connectivity index is 1.85. The average Bonchev–Trinajstić information content (AvgIpc) is 2.56. The largest absolute Gasteiger partial charge is 0.445 e. The maximum Gasteiger partial charge on any atom is 0.339 e. The van der Waals surface area contributed by atoms with Gasteiger partial charge in [-0.2, -0.15) is 0 Å². The number of benzene rings is 2. The molecule has 0 radical (unpaired) electrons. The molecule has 4 heteroatoms. The highest BCUT2D eigenvalue weighted by atomic mass is 16.6. The first-order valence-corrected chi connectivity index (χ1v) is 8.14. The highest BCUT2D eigenvalue weighted by Gasteiger charge is 2.42. The fourth-order valence-corrected chi connectivity index (χ4v) is 2.90.